The van der Waals surface area contributed by atoms with Gasteiger partial charge in [-0.05, 0) is 24.6 Å². The fraction of sp³-hybridized carbons (Fsp3) is 0.188. The maximum atomic E-state index is 5.81. The van der Waals surface area contributed by atoms with E-state index in [0.717, 1.165) is 23.5 Å². The molecule has 3 nitrogen and oxygen atoms in total. The lowest BCUT2D eigenvalue weighted by molar-refractivity contribution is 0.877. The van der Waals surface area contributed by atoms with Crippen LogP contribution in [0, 0.1) is 6.92 Å². The minimum absolute atomic E-state index is 0.522. The van der Waals surface area contributed by atoms with Crippen molar-refractivity contribution < 1.29 is 0 Å². The van der Waals surface area contributed by atoms with Crippen molar-refractivity contribution >= 4 is 5.52 Å². The number of benzene rings is 1. The topological polar surface area (TPSA) is 43.3 Å². The first kappa shape index (κ1) is 11.9. The molecule has 0 unspecified atom stereocenters. The number of aryl methyl sites for hydroxylation is 1. The molecule has 0 amide bonds. The molecule has 2 aromatic heterocycles. The highest BCUT2D eigenvalue weighted by atomic mass is 15.0. The molecule has 96 valence electrons. The van der Waals surface area contributed by atoms with Crippen LogP contribution in [0.2, 0.25) is 0 Å². The quantitative estimate of drug-likeness (QED) is 0.777. The van der Waals surface area contributed by atoms with Crippen molar-refractivity contribution in [2.24, 2.45) is 5.73 Å². The summed E-state index contributed by atoms with van der Waals surface area (Å²) < 4.78 is 2.15. The lowest BCUT2D eigenvalue weighted by Crippen LogP contribution is -2.06. The first-order valence-corrected chi connectivity index (χ1v) is 6.48. The Morgan fingerprint density at radius 3 is 2.63 bits per heavy atom. The van der Waals surface area contributed by atoms with Crippen LogP contribution in [0.3, 0.4) is 0 Å². The molecule has 0 saturated heterocycles. The summed E-state index contributed by atoms with van der Waals surface area (Å²) >= 11 is 0. The molecule has 2 heterocycles. The van der Waals surface area contributed by atoms with Gasteiger partial charge in [0.05, 0.1) is 11.7 Å². The fourth-order valence-corrected chi connectivity index (χ4v) is 2.36. The summed E-state index contributed by atoms with van der Waals surface area (Å²) in [4.78, 5) is 4.53. The third-order valence-corrected chi connectivity index (χ3v) is 3.40. The number of nitrogens with zero attached hydrogens (tertiary/aromatic N) is 2. The van der Waals surface area contributed by atoms with E-state index < -0.39 is 0 Å². The number of pyridine rings is 1. The Morgan fingerprint density at radius 1 is 1.11 bits per heavy atom. The summed E-state index contributed by atoms with van der Waals surface area (Å²) in [6.07, 6.45) is 2.73. The Kier molecular flexibility index (Phi) is 3.05. The van der Waals surface area contributed by atoms with Crippen LogP contribution in [0.25, 0.3) is 5.52 Å². The molecule has 2 N–H and O–H groups in total. The maximum absolute atomic E-state index is 5.81. The molecular formula is C16H17N3. The van der Waals surface area contributed by atoms with Gasteiger partial charge >= 0.3 is 0 Å². The molecule has 0 bridgehead atoms. The minimum atomic E-state index is 0.522. The first-order valence-electron chi connectivity index (χ1n) is 6.48. The van der Waals surface area contributed by atoms with Crippen molar-refractivity contribution in [1.82, 2.24) is 9.38 Å². The molecule has 0 radical (unpaired) electrons. The second kappa shape index (κ2) is 4.86. The largest absolute Gasteiger partial charge is 0.325 e. The molecule has 1 aromatic carbocycles. The van der Waals surface area contributed by atoms with E-state index >= 15 is 0 Å². The number of imidazole rings is 1. The summed E-state index contributed by atoms with van der Waals surface area (Å²) in [7, 11) is 0. The lowest BCUT2D eigenvalue weighted by Gasteiger charge is -2.07. The number of hydrogen-bond donors (Lipinski definition) is 1. The van der Waals surface area contributed by atoms with Crippen molar-refractivity contribution in [2.75, 3.05) is 0 Å². The van der Waals surface area contributed by atoms with Crippen LogP contribution >= 0.6 is 0 Å². The molecule has 0 fully saturated rings. The second-order valence-corrected chi connectivity index (χ2v) is 4.82. The third kappa shape index (κ3) is 2.25. The molecule has 3 aromatic rings. The normalized spacial score (nSPS) is 11.1. The van der Waals surface area contributed by atoms with Gasteiger partial charge in [-0.25, -0.2) is 4.98 Å². The highest BCUT2D eigenvalue weighted by Crippen LogP contribution is 2.15. The van der Waals surface area contributed by atoms with Gasteiger partial charge in [0, 0.05) is 18.7 Å². The van der Waals surface area contributed by atoms with Crippen LogP contribution in [0.15, 0.2) is 48.7 Å². The van der Waals surface area contributed by atoms with Crippen LogP contribution in [0.1, 0.15) is 22.6 Å². The van der Waals surface area contributed by atoms with Crippen molar-refractivity contribution in [3.05, 3.63) is 71.3 Å². The zero-order valence-corrected chi connectivity index (χ0v) is 11.0. The SMILES string of the molecule is Cc1ccc(Cc2ncc3cccc(CN)n23)cc1. The monoisotopic (exact) mass is 251 g/mol. The molecule has 3 rings (SSSR count). The van der Waals surface area contributed by atoms with Gasteiger partial charge in [0.15, 0.2) is 0 Å². The van der Waals surface area contributed by atoms with Crippen molar-refractivity contribution in [3.63, 3.8) is 0 Å². The maximum Gasteiger partial charge on any atom is 0.117 e. The Morgan fingerprint density at radius 2 is 1.89 bits per heavy atom. The summed E-state index contributed by atoms with van der Waals surface area (Å²) in [5.74, 6) is 1.04. The first-order chi connectivity index (χ1) is 9.28. The highest BCUT2D eigenvalue weighted by molar-refractivity contribution is 5.48. The smallest absolute Gasteiger partial charge is 0.117 e. The number of aromatic nitrogens is 2. The number of hydrogen-bond acceptors (Lipinski definition) is 2. The van der Waals surface area contributed by atoms with Crippen molar-refractivity contribution in [2.45, 2.75) is 19.9 Å². The van der Waals surface area contributed by atoms with Crippen molar-refractivity contribution in [3.8, 4) is 0 Å². The average Bonchev–Trinajstić information content (AvgIpc) is 2.85. The lowest BCUT2D eigenvalue weighted by atomic mass is 10.1. The van der Waals surface area contributed by atoms with E-state index in [1.807, 2.05) is 18.3 Å². The van der Waals surface area contributed by atoms with Crippen LogP contribution in [-0.2, 0) is 13.0 Å². The summed E-state index contributed by atoms with van der Waals surface area (Å²) in [5.41, 5.74) is 10.6. The van der Waals surface area contributed by atoms with Gasteiger partial charge in [-0.15, -0.1) is 0 Å². The van der Waals surface area contributed by atoms with Gasteiger partial charge in [0.1, 0.15) is 5.82 Å². The fourth-order valence-electron chi connectivity index (χ4n) is 2.36. The van der Waals surface area contributed by atoms with E-state index in [1.165, 1.54) is 11.1 Å². The van der Waals surface area contributed by atoms with Crippen LogP contribution in [0.4, 0.5) is 0 Å². The van der Waals surface area contributed by atoms with Gasteiger partial charge in [0.25, 0.3) is 0 Å². The van der Waals surface area contributed by atoms with E-state index in [1.54, 1.807) is 0 Å². The van der Waals surface area contributed by atoms with E-state index in [9.17, 15) is 0 Å². The predicted octanol–water partition coefficient (Wildman–Crippen LogP) is 2.69. The van der Waals surface area contributed by atoms with E-state index in [-0.39, 0.29) is 0 Å². The van der Waals surface area contributed by atoms with Gasteiger partial charge < -0.3 is 5.73 Å². The summed E-state index contributed by atoms with van der Waals surface area (Å²) in [6, 6.07) is 14.7. The molecule has 19 heavy (non-hydrogen) atoms. The zero-order valence-electron chi connectivity index (χ0n) is 11.0. The molecule has 0 spiro atoms. The van der Waals surface area contributed by atoms with Crippen LogP contribution in [0.5, 0.6) is 0 Å². The molecule has 0 aliphatic carbocycles. The number of nitrogens with two attached hydrogens (primary N) is 1. The summed E-state index contributed by atoms with van der Waals surface area (Å²) in [6.45, 7) is 2.62. The molecule has 0 saturated carbocycles. The third-order valence-electron chi connectivity index (χ3n) is 3.40. The van der Waals surface area contributed by atoms with Gasteiger partial charge in [-0.3, -0.25) is 4.40 Å². The Bertz CT molecular complexity index is 696. The van der Waals surface area contributed by atoms with E-state index in [0.29, 0.717) is 6.54 Å². The van der Waals surface area contributed by atoms with E-state index in [2.05, 4.69) is 46.6 Å². The number of rotatable bonds is 3. The average molecular weight is 251 g/mol. The highest BCUT2D eigenvalue weighted by Gasteiger charge is 2.07. The van der Waals surface area contributed by atoms with Gasteiger partial charge in [-0.1, -0.05) is 35.9 Å². The van der Waals surface area contributed by atoms with Crippen LogP contribution < -0.4 is 5.73 Å². The van der Waals surface area contributed by atoms with E-state index in [4.69, 9.17) is 5.73 Å². The van der Waals surface area contributed by atoms with Gasteiger partial charge in [-0.2, -0.15) is 0 Å². The predicted molar refractivity (Wildman–Crippen MR) is 77.1 cm³/mol. The van der Waals surface area contributed by atoms with Gasteiger partial charge in [0.2, 0.25) is 0 Å². The Labute approximate surface area is 112 Å². The molecular weight excluding hydrogens is 234 g/mol. The minimum Gasteiger partial charge on any atom is -0.325 e. The Balaban J connectivity index is 2.03. The second-order valence-electron chi connectivity index (χ2n) is 4.82. The van der Waals surface area contributed by atoms with Crippen molar-refractivity contribution in [1.29, 1.82) is 0 Å². The Hall–Kier alpha value is -2.13. The standard InChI is InChI=1S/C16H17N3/c1-12-5-7-13(8-6-12)9-16-18-11-15-4-2-3-14(10-17)19(15)16/h2-8,11H,9-10,17H2,1H3. The summed E-state index contributed by atoms with van der Waals surface area (Å²) in [5, 5.41) is 0. The zero-order chi connectivity index (χ0) is 13.2. The van der Waals surface area contributed by atoms with Crippen LogP contribution in [-0.4, -0.2) is 9.38 Å². The number of fused-ring (bicyclic) bond motifs is 1. The molecule has 0 aliphatic rings. The molecule has 3 heteroatoms. The molecule has 0 atom stereocenters. The molecule has 0 aliphatic heterocycles.